The average Bonchev–Trinajstić information content (AvgIpc) is 3.43. The van der Waals surface area contributed by atoms with E-state index in [0.29, 0.717) is 24.4 Å². The number of furan rings is 1. The Labute approximate surface area is 169 Å². The number of nitrogens with one attached hydrogen (secondary N) is 1. The number of sulfonamides is 1. The first kappa shape index (κ1) is 20.8. The molecule has 0 atom stereocenters. The largest absolute Gasteiger partial charge is 0.468 e. The fourth-order valence-electron chi connectivity index (χ4n) is 2.82. The van der Waals surface area contributed by atoms with Gasteiger partial charge in [0, 0.05) is 19.2 Å². The molecule has 1 aliphatic heterocycles. The van der Waals surface area contributed by atoms with Crippen molar-refractivity contribution in [1.29, 1.82) is 0 Å². The highest BCUT2D eigenvalue weighted by Crippen LogP contribution is 2.13. The van der Waals surface area contributed by atoms with Crippen molar-refractivity contribution in [2.24, 2.45) is 0 Å². The predicted octanol–water partition coefficient (Wildman–Crippen LogP) is 1.94. The van der Waals surface area contributed by atoms with Gasteiger partial charge in [0.2, 0.25) is 10.0 Å². The maximum Gasteiger partial charge on any atom is 0.331 e. The van der Waals surface area contributed by atoms with E-state index in [4.69, 9.17) is 9.15 Å². The maximum absolute atomic E-state index is 12.3. The molecular weight excluding hydrogens is 396 g/mol. The summed E-state index contributed by atoms with van der Waals surface area (Å²) in [7, 11) is -3.68. The summed E-state index contributed by atoms with van der Waals surface area (Å²) in [6.07, 6.45) is 6.12. The second-order valence-corrected chi connectivity index (χ2v) is 8.27. The van der Waals surface area contributed by atoms with Gasteiger partial charge >= 0.3 is 5.97 Å². The number of amides is 1. The number of carbonyl (C=O) groups excluding carboxylic acids is 2. The summed E-state index contributed by atoms with van der Waals surface area (Å²) < 4.78 is 37.1. The molecule has 8 nitrogen and oxygen atoms in total. The van der Waals surface area contributed by atoms with Crippen LogP contribution in [0.4, 0.5) is 0 Å². The highest BCUT2D eigenvalue weighted by molar-refractivity contribution is 7.89. The van der Waals surface area contributed by atoms with Gasteiger partial charge in [-0.1, -0.05) is 12.1 Å². The smallest absolute Gasteiger partial charge is 0.331 e. The Morgan fingerprint density at radius 1 is 1.14 bits per heavy atom. The van der Waals surface area contributed by atoms with Crippen LogP contribution in [0.15, 0.2) is 58.1 Å². The first-order valence-corrected chi connectivity index (χ1v) is 10.7. The van der Waals surface area contributed by atoms with Crippen molar-refractivity contribution >= 4 is 28.0 Å². The number of hydrogen-bond acceptors (Lipinski definition) is 6. The molecule has 0 bridgehead atoms. The highest BCUT2D eigenvalue weighted by atomic mass is 32.2. The van der Waals surface area contributed by atoms with Crippen LogP contribution in [0.2, 0.25) is 0 Å². The molecule has 0 unspecified atom stereocenters. The molecule has 9 heteroatoms. The van der Waals surface area contributed by atoms with Gasteiger partial charge in [-0.25, -0.2) is 17.9 Å². The van der Waals surface area contributed by atoms with Gasteiger partial charge in [0.05, 0.1) is 17.7 Å². The minimum Gasteiger partial charge on any atom is -0.468 e. The van der Waals surface area contributed by atoms with Gasteiger partial charge in [0.15, 0.2) is 6.61 Å². The third kappa shape index (κ3) is 6.03. The fraction of sp³-hybridized carbons (Fsp3) is 0.300. The number of carbonyl (C=O) groups is 2. The molecule has 1 aliphatic rings. The molecule has 1 aromatic heterocycles. The summed E-state index contributed by atoms with van der Waals surface area (Å²) >= 11 is 0. The Morgan fingerprint density at radius 2 is 1.86 bits per heavy atom. The minimum atomic E-state index is -3.68. The van der Waals surface area contributed by atoms with Crippen molar-refractivity contribution in [3.63, 3.8) is 0 Å². The first-order chi connectivity index (χ1) is 13.9. The molecule has 0 spiro atoms. The van der Waals surface area contributed by atoms with Crippen LogP contribution in [-0.2, 0) is 30.9 Å². The topological polar surface area (TPSA) is 106 Å². The van der Waals surface area contributed by atoms with E-state index >= 15 is 0 Å². The van der Waals surface area contributed by atoms with Gasteiger partial charge in [-0.05, 0) is 48.7 Å². The molecule has 3 rings (SSSR count). The molecule has 1 aromatic carbocycles. The van der Waals surface area contributed by atoms with Crippen molar-refractivity contribution in [2.75, 3.05) is 19.7 Å². The van der Waals surface area contributed by atoms with Crippen LogP contribution < -0.4 is 4.72 Å². The zero-order valence-corrected chi connectivity index (χ0v) is 16.6. The lowest BCUT2D eigenvalue weighted by atomic mass is 10.2. The third-order valence-corrected chi connectivity index (χ3v) is 5.83. The standard InChI is InChI=1S/C20H22N2O6S/c23-19(22-11-1-2-12-22)15-28-20(24)10-7-16-5-8-18(9-6-16)29(25,26)21-14-17-4-3-13-27-17/h3-10,13,21H,1-2,11-12,14-15H2. The van der Waals surface area contributed by atoms with Crippen LogP contribution in [0.1, 0.15) is 24.2 Å². The Bertz CT molecular complexity index is 959. The molecule has 29 heavy (non-hydrogen) atoms. The summed E-state index contributed by atoms with van der Waals surface area (Å²) in [6.45, 7) is 1.19. The van der Waals surface area contributed by atoms with Crippen LogP contribution in [0.5, 0.6) is 0 Å². The Morgan fingerprint density at radius 3 is 2.52 bits per heavy atom. The quantitative estimate of drug-likeness (QED) is 0.519. The van der Waals surface area contributed by atoms with Crippen LogP contribution in [-0.4, -0.2) is 44.9 Å². The summed E-state index contributed by atoms with van der Waals surface area (Å²) in [5, 5.41) is 0. The minimum absolute atomic E-state index is 0.0545. The molecule has 2 aromatic rings. The molecule has 1 N–H and O–H groups in total. The summed E-state index contributed by atoms with van der Waals surface area (Å²) in [6, 6.07) is 9.37. The van der Waals surface area contributed by atoms with Crippen LogP contribution in [0.3, 0.4) is 0 Å². The molecule has 2 heterocycles. The monoisotopic (exact) mass is 418 g/mol. The lowest BCUT2D eigenvalue weighted by Crippen LogP contribution is -2.31. The van der Waals surface area contributed by atoms with Crippen molar-refractivity contribution in [2.45, 2.75) is 24.3 Å². The molecule has 1 amide bonds. The maximum atomic E-state index is 12.3. The number of rotatable bonds is 8. The zero-order valence-electron chi connectivity index (χ0n) is 15.7. The molecule has 0 saturated carbocycles. The molecule has 1 fully saturated rings. The number of hydrogen-bond donors (Lipinski definition) is 1. The number of benzene rings is 1. The van der Waals surface area contributed by atoms with Gasteiger partial charge in [0.1, 0.15) is 5.76 Å². The van der Waals surface area contributed by atoms with Gasteiger partial charge in [-0.15, -0.1) is 0 Å². The first-order valence-electron chi connectivity index (χ1n) is 9.19. The van der Waals surface area contributed by atoms with Crippen LogP contribution >= 0.6 is 0 Å². The highest BCUT2D eigenvalue weighted by Gasteiger charge is 2.18. The SMILES string of the molecule is O=C(C=Cc1ccc(S(=O)(=O)NCc2ccco2)cc1)OCC(=O)N1CCCC1. The van der Waals surface area contributed by atoms with Gasteiger partial charge in [-0.3, -0.25) is 4.79 Å². The summed E-state index contributed by atoms with van der Waals surface area (Å²) in [4.78, 5) is 25.4. The van der Waals surface area contributed by atoms with Gasteiger partial charge in [-0.2, -0.15) is 0 Å². The second kappa shape index (κ2) is 9.53. The van der Waals surface area contributed by atoms with E-state index in [1.807, 2.05) is 0 Å². The van der Waals surface area contributed by atoms with E-state index in [0.717, 1.165) is 12.8 Å². The lowest BCUT2D eigenvalue weighted by Gasteiger charge is -2.14. The van der Waals surface area contributed by atoms with E-state index in [9.17, 15) is 18.0 Å². The van der Waals surface area contributed by atoms with E-state index < -0.39 is 16.0 Å². The van der Waals surface area contributed by atoms with Gasteiger partial charge in [0.25, 0.3) is 5.91 Å². The van der Waals surface area contributed by atoms with E-state index in [1.54, 1.807) is 29.2 Å². The van der Waals surface area contributed by atoms with E-state index in [1.165, 1.54) is 30.5 Å². The number of esters is 1. The normalized spacial score (nSPS) is 14.4. The molecule has 1 saturated heterocycles. The number of likely N-dealkylation sites (tertiary alicyclic amines) is 1. The average molecular weight is 418 g/mol. The van der Waals surface area contributed by atoms with Crippen LogP contribution in [0, 0.1) is 0 Å². The molecule has 0 radical (unpaired) electrons. The van der Waals surface area contributed by atoms with Crippen molar-refractivity contribution in [3.8, 4) is 0 Å². The lowest BCUT2D eigenvalue weighted by molar-refractivity contribution is -0.147. The Hall–Kier alpha value is -2.91. The summed E-state index contributed by atoms with van der Waals surface area (Å²) in [5.41, 5.74) is 0.623. The van der Waals surface area contributed by atoms with Crippen molar-refractivity contribution in [1.82, 2.24) is 9.62 Å². The molecule has 154 valence electrons. The third-order valence-electron chi connectivity index (χ3n) is 4.42. The number of nitrogens with zero attached hydrogens (tertiary/aromatic N) is 1. The van der Waals surface area contributed by atoms with Crippen molar-refractivity contribution < 1.29 is 27.2 Å². The number of ether oxygens (including phenoxy) is 1. The van der Waals surface area contributed by atoms with Crippen molar-refractivity contribution in [3.05, 3.63) is 60.1 Å². The van der Waals surface area contributed by atoms with E-state index in [2.05, 4.69) is 4.72 Å². The molecular formula is C20H22N2O6S. The van der Waals surface area contributed by atoms with Crippen LogP contribution in [0.25, 0.3) is 6.08 Å². The predicted molar refractivity (Wildman–Crippen MR) is 105 cm³/mol. The molecule has 0 aliphatic carbocycles. The summed E-state index contributed by atoms with van der Waals surface area (Å²) in [5.74, 6) is -0.315. The Balaban J connectivity index is 1.49. The second-order valence-electron chi connectivity index (χ2n) is 6.50. The Kier molecular flexibility index (Phi) is 6.84. The zero-order chi connectivity index (χ0) is 20.7. The van der Waals surface area contributed by atoms with Gasteiger partial charge < -0.3 is 14.1 Å². The fourth-order valence-corrected chi connectivity index (χ4v) is 3.82. The van der Waals surface area contributed by atoms with E-state index in [-0.39, 0.29) is 24.0 Å².